The fourth-order valence-electron chi connectivity index (χ4n) is 1.59. The zero-order valence-electron chi connectivity index (χ0n) is 9.47. The topological polar surface area (TPSA) is 12.0 Å². The van der Waals surface area contributed by atoms with E-state index in [0.29, 0.717) is 17.0 Å². The molecule has 0 fully saturated rings. The maximum absolute atomic E-state index is 13.7. The van der Waals surface area contributed by atoms with Gasteiger partial charge in [-0.1, -0.05) is 30.7 Å². The van der Waals surface area contributed by atoms with Gasteiger partial charge in [0.25, 0.3) is 0 Å². The third kappa shape index (κ3) is 3.62. The zero-order chi connectivity index (χ0) is 12.0. The van der Waals surface area contributed by atoms with Crippen LogP contribution in [0.25, 0.3) is 0 Å². The van der Waals surface area contributed by atoms with Gasteiger partial charge in [-0.25, -0.2) is 4.39 Å². The Kier molecular flexibility index (Phi) is 5.50. The average Bonchev–Trinajstić information content (AvgIpc) is 2.25. The lowest BCUT2D eigenvalue weighted by atomic mass is 10.0. The van der Waals surface area contributed by atoms with Crippen molar-refractivity contribution in [2.75, 3.05) is 6.54 Å². The third-order valence-corrected chi connectivity index (χ3v) is 2.62. The SMILES string of the molecule is C=CCC(NCCC)c1ccc(Cl)cc1F. The van der Waals surface area contributed by atoms with Crippen LogP contribution in [0.2, 0.25) is 5.02 Å². The van der Waals surface area contributed by atoms with Crippen LogP contribution in [0.1, 0.15) is 31.4 Å². The predicted octanol–water partition coefficient (Wildman–Crippen LogP) is 4.10. The molecular formula is C13H17ClFN. The lowest BCUT2D eigenvalue weighted by Crippen LogP contribution is -2.22. The van der Waals surface area contributed by atoms with Crippen LogP contribution in [0.4, 0.5) is 4.39 Å². The van der Waals surface area contributed by atoms with E-state index >= 15 is 0 Å². The van der Waals surface area contributed by atoms with E-state index in [2.05, 4.69) is 18.8 Å². The van der Waals surface area contributed by atoms with Crippen molar-refractivity contribution in [2.24, 2.45) is 0 Å². The minimum atomic E-state index is -0.261. The van der Waals surface area contributed by atoms with E-state index in [-0.39, 0.29) is 11.9 Å². The van der Waals surface area contributed by atoms with Crippen molar-refractivity contribution < 1.29 is 4.39 Å². The van der Waals surface area contributed by atoms with Crippen molar-refractivity contribution in [3.63, 3.8) is 0 Å². The van der Waals surface area contributed by atoms with Gasteiger partial charge in [0.2, 0.25) is 0 Å². The molecule has 0 spiro atoms. The first kappa shape index (κ1) is 13.2. The maximum Gasteiger partial charge on any atom is 0.129 e. The summed E-state index contributed by atoms with van der Waals surface area (Å²) in [6.45, 7) is 6.63. The smallest absolute Gasteiger partial charge is 0.129 e. The molecule has 1 atom stereocenters. The first-order valence-electron chi connectivity index (χ1n) is 5.48. The molecule has 0 aliphatic carbocycles. The highest BCUT2D eigenvalue weighted by molar-refractivity contribution is 6.30. The summed E-state index contributed by atoms with van der Waals surface area (Å²) in [5.41, 5.74) is 0.651. The van der Waals surface area contributed by atoms with Crippen LogP contribution in [-0.2, 0) is 0 Å². The second-order valence-electron chi connectivity index (χ2n) is 3.70. The Morgan fingerprint density at radius 3 is 2.88 bits per heavy atom. The van der Waals surface area contributed by atoms with E-state index < -0.39 is 0 Å². The lowest BCUT2D eigenvalue weighted by Gasteiger charge is -2.18. The number of rotatable bonds is 6. The molecule has 0 aliphatic heterocycles. The van der Waals surface area contributed by atoms with Crippen LogP contribution in [0.3, 0.4) is 0 Å². The van der Waals surface area contributed by atoms with Gasteiger partial charge in [0.05, 0.1) is 0 Å². The van der Waals surface area contributed by atoms with Crippen LogP contribution in [-0.4, -0.2) is 6.54 Å². The highest BCUT2D eigenvalue weighted by Crippen LogP contribution is 2.23. The summed E-state index contributed by atoms with van der Waals surface area (Å²) < 4.78 is 13.7. The summed E-state index contributed by atoms with van der Waals surface area (Å²) in [6, 6.07) is 4.77. The molecule has 1 unspecified atom stereocenters. The fraction of sp³-hybridized carbons (Fsp3) is 0.385. The van der Waals surface area contributed by atoms with E-state index in [1.165, 1.54) is 6.07 Å². The Labute approximate surface area is 101 Å². The van der Waals surface area contributed by atoms with Crippen molar-refractivity contribution in [1.82, 2.24) is 5.32 Å². The maximum atomic E-state index is 13.7. The van der Waals surface area contributed by atoms with Gasteiger partial charge in [0.15, 0.2) is 0 Å². The van der Waals surface area contributed by atoms with Gasteiger partial charge in [-0.05, 0) is 31.5 Å². The van der Waals surface area contributed by atoms with Crippen LogP contribution in [0.5, 0.6) is 0 Å². The third-order valence-electron chi connectivity index (χ3n) is 2.38. The number of hydrogen-bond acceptors (Lipinski definition) is 1. The molecule has 3 heteroatoms. The van der Waals surface area contributed by atoms with Crippen LogP contribution < -0.4 is 5.32 Å². The van der Waals surface area contributed by atoms with Crippen LogP contribution >= 0.6 is 11.6 Å². The summed E-state index contributed by atoms with van der Waals surface area (Å²) in [5.74, 6) is -0.261. The quantitative estimate of drug-likeness (QED) is 0.740. The molecular weight excluding hydrogens is 225 g/mol. The van der Waals surface area contributed by atoms with Gasteiger partial charge in [-0.2, -0.15) is 0 Å². The van der Waals surface area contributed by atoms with Crippen molar-refractivity contribution in [1.29, 1.82) is 0 Å². The highest BCUT2D eigenvalue weighted by Gasteiger charge is 2.13. The van der Waals surface area contributed by atoms with E-state index in [4.69, 9.17) is 11.6 Å². The van der Waals surface area contributed by atoms with Crippen molar-refractivity contribution in [3.8, 4) is 0 Å². The Morgan fingerprint density at radius 1 is 1.56 bits per heavy atom. The lowest BCUT2D eigenvalue weighted by molar-refractivity contribution is 0.503. The van der Waals surface area contributed by atoms with Gasteiger partial charge in [-0.15, -0.1) is 6.58 Å². The molecule has 1 N–H and O–H groups in total. The summed E-state index contributed by atoms with van der Waals surface area (Å²) >= 11 is 5.72. The van der Waals surface area contributed by atoms with Crippen molar-refractivity contribution in [2.45, 2.75) is 25.8 Å². The fourth-order valence-corrected chi connectivity index (χ4v) is 1.75. The second kappa shape index (κ2) is 6.66. The normalized spacial score (nSPS) is 12.4. The van der Waals surface area contributed by atoms with Gasteiger partial charge in [0, 0.05) is 16.6 Å². The van der Waals surface area contributed by atoms with E-state index in [9.17, 15) is 4.39 Å². The van der Waals surface area contributed by atoms with E-state index in [1.807, 2.05) is 0 Å². The number of halogens is 2. The minimum absolute atomic E-state index is 0.0188. The molecule has 0 radical (unpaired) electrons. The minimum Gasteiger partial charge on any atom is -0.310 e. The summed E-state index contributed by atoms with van der Waals surface area (Å²) in [6.07, 6.45) is 3.52. The molecule has 0 heterocycles. The Bertz CT molecular complexity index is 352. The standard InChI is InChI=1S/C13H17ClFN/c1-3-5-13(16-8-4-2)11-7-6-10(14)9-12(11)15/h3,6-7,9,13,16H,1,4-5,8H2,2H3. The average molecular weight is 242 g/mol. The summed E-state index contributed by atoms with van der Waals surface area (Å²) in [4.78, 5) is 0. The molecule has 1 nitrogen and oxygen atoms in total. The highest BCUT2D eigenvalue weighted by atomic mass is 35.5. The Morgan fingerprint density at radius 2 is 2.31 bits per heavy atom. The number of benzene rings is 1. The predicted molar refractivity (Wildman–Crippen MR) is 67.3 cm³/mol. The molecule has 1 aromatic carbocycles. The molecule has 0 bridgehead atoms. The second-order valence-corrected chi connectivity index (χ2v) is 4.13. The molecule has 88 valence electrons. The summed E-state index contributed by atoms with van der Waals surface area (Å²) in [5, 5.41) is 3.72. The van der Waals surface area contributed by atoms with Gasteiger partial charge in [0.1, 0.15) is 5.82 Å². The molecule has 0 aliphatic rings. The van der Waals surface area contributed by atoms with Crippen LogP contribution in [0.15, 0.2) is 30.9 Å². The molecule has 1 rings (SSSR count). The van der Waals surface area contributed by atoms with Crippen molar-refractivity contribution in [3.05, 3.63) is 47.3 Å². The molecule has 0 amide bonds. The van der Waals surface area contributed by atoms with E-state index in [1.54, 1.807) is 18.2 Å². The molecule has 0 aromatic heterocycles. The van der Waals surface area contributed by atoms with Gasteiger partial charge < -0.3 is 5.32 Å². The zero-order valence-corrected chi connectivity index (χ0v) is 10.2. The molecule has 1 aromatic rings. The largest absolute Gasteiger partial charge is 0.310 e. The number of nitrogens with one attached hydrogen (secondary N) is 1. The molecule has 0 saturated heterocycles. The van der Waals surface area contributed by atoms with Gasteiger partial charge in [-0.3, -0.25) is 0 Å². The monoisotopic (exact) mass is 241 g/mol. The van der Waals surface area contributed by atoms with Crippen molar-refractivity contribution >= 4 is 11.6 Å². The van der Waals surface area contributed by atoms with Crippen LogP contribution in [0, 0.1) is 5.82 Å². The number of hydrogen-bond donors (Lipinski definition) is 1. The van der Waals surface area contributed by atoms with Gasteiger partial charge >= 0.3 is 0 Å². The Balaban J connectivity index is 2.86. The summed E-state index contributed by atoms with van der Waals surface area (Å²) in [7, 11) is 0. The first-order valence-corrected chi connectivity index (χ1v) is 5.86. The van der Waals surface area contributed by atoms with E-state index in [0.717, 1.165) is 13.0 Å². The Hall–Kier alpha value is -0.860. The molecule has 16 heavy (non-hydrogen) atoms. The first-order chi connectivity index (χ1) is 7.69. The molecule has 0 saturated carbocycles.